The summed E-state index contributed by atoms with van der Waals surface area (Å²) in [5.74, 6) is -0.0467. The largest absolute Gasteiger partial charge is 0.416 e. The van der Waals surface area contributed by atoms with E-state index >= 15 is 0 Å². The third-order valence-electron chi connectivity index (χ3n) is 4.35. The van der Waals surface area contributed by atoms with Crippen LogP contribution in [0.3, 0.4) is 0 Å². The zero-order valence-corrected chi connectivity index (χ0v) is 14.2. The van der Waals surface area contributed by atoms with Crippen LogP contribution in [0.5, 0.6) is 0 Å². The van der Waals surface area contributed by atoms with E-state index in [2.05, 4.69) is 20.4 Å². The Morgan fingerprint density at radius 1 is 1.15 bits per heavy atom. The number of halogens is 3. The Morgan fingerprint density at radius 3 is 2.70 bits per heavy atom. The molecule has 27 heavy (non-hydrogen) atoms. The number of nitrogens with zero attached hydrogens (tertiary/aromatic N) is 4. The highest BCUT2D eigenvalue weighted by molar-refractivity contribution is 5.94. The smallest absolute Gasteiger partial charge is 0.349 e. The molecule has 3 aromatic rings. The van der Waals surface area contributed by atoms with Crippen molar-refractivity contribution in [2.24, 2.45) is 0 Å². The van der Waals surface area contributed by atoms with Crippen LogP contribution in [0.4, 0.5) is 13.2 Å². The third-order valence-corrected chi connectivity index (χ3v) is 4.35. The molecule has 1 aliphatic rings. The van der Waals surface area contributed by atoms with Gasteiger partial charge in [0, 0.05) is 18.3 Å². The van der Waals surface area contributed by atoms with E-state index in [-0.39, 0.29) is 11.7 Å². The molecule has 0 aliphatic carbocycles. The predicted molar refractivity (Wildman–Crippen MR) is 90.8 cm³/mol. The summed E-state index contributed by atoms with van der Waals surface area (Å²) in [5, 5.41) is 7.10. The van der Waals surface area contributed by atoms with Crippen LogP contribution >= 0.6 is 0 Å². The van der Waals surface area contributed by atoms with E-state index in [1.807, 2.05) is 0 Å². The van der Waals surface area contributed by atoms with Crippen LogP contribution in [0.1, 0.15) is 21.6 Å². The van der Waals surface area contributed by atoms with E-state index in [0.717, 1.165) is 12.1 Å². The number of alkyl halides is 3. The minimum atomic E-state index is -4.45. The monoisotopic (exact) mass is 373 g/mol. The van der Waals surface area contributed by atoms with Gasteiger partial charge in [-0.25, -0.2) is 9.97 Å². The Morgan fingerprint density at radius 2 is 1.96 bits per heavy atom. The van der Waals surface area contributed by atoms with Gasteiger partial charge in [-0.05, 0) is 36.8 Å². The second-order valence-electron chi connectivity index (χ2n) is 6.19. The van der Waals surface area contributed by atoms with Gasteiger partial charge in [0.15, 0.2) is 5.82 Å². The summed E-state index contributed by atoms with van der Waals surface area (Å²) >= 11 is 0. The van der Waals surface area contributed by atoms with E-state index in [1.54, 1.807) is 23.7 Å². The molecule has 0 saturated carbocycles. The molecule has 3 heterocycles. The maximum Gasteiger partial charge on any atom is 0.416 e. The molecule has 0 unspecified atom stereocenters. The fraction of sp³-hybridized carbons (Fsp3) is 0.222. The van der Waals surface area contributed by atoms with Gasteiger partial charge in [0.25, 0.3) is 5.91 Å². The molecule has 4 rings (SSSR count). The summed E-state index contributed by atoms with van der Waals surface area (Å²) in [7, 11) is 0. The maximum absolute atomic E-state index is 13.0. The topological polar surface area (TPSA) is 72.7 Å². The maximum atomic E-state index is 13.0. The standard InChI is InChI=1S/C18H14F3N5O/c1-10-2-3-11(18(19,20)21)8-12(10)16-22-5-4-13(24-16)14-9-15-17(27)23-6-7-26(15)25-14/h2-5,8-9H,6-7H2,1H3,(H,23,27). The van der Waals surface area contributed by atoms with E-state index in [4.69, 9.17) is 0 Å². The minimum Gasteiger partial charge on any atom is -0.349 e. The van der Waals surface area contributed by atoms with Crippen LogP contribution in [-0.4, -0.2) is 32.2 Å². The highest BCUT2D eigenvalue weighted by atomic mass is 19.4. The summed E-state index contributed by atoms with van der Waals surface area (Å²) < 4.78 is 40.7. The number of fused-ring (bicyclic) bond motifs is 1. The molecule has 138 valence electrons. The molecule has 0 radical (unpaired) electrons. The number of benzene rings is 1. The van der Waals surface area contributed by atoms with E-state index in [0.29, 0.717) is 41.3 Å². The molecule has 0 fully saturated rings. The zero-order valence-electron chi connectivity index (χ0n) is 14.2. The first-order chi connectivity index (χ1) is 12.8. The molecule has 1 aliphatic heterocycles. The lowest BCUT2D eigenvalue weighted by Crippen LogP contribution is -2.35. The van der Waals surface area contributed by atoms with Crippen molar-refractivity contribution < 1.29 is 18.0 Å². The highest BCUT2D eigenvalue weighted by Crippen LogP contribution is 2.33. The SMILES string of the molecule is Cc1ccc(C(F)(F)F)cc1-c1nccc(-c2cc3n(n2)CCNC3=O)n1. The molecule has 1 N–H and O–H groups in total. The van der Waals surface area contributed by atoms with Crippen molar-refractivity contribution in [2.75, 3.05) is 6.54 Å². The fourth-order valence-electron chi connectivity index (χ4n) is 2.93. The first-order valence-corrected chi connectivity index (χ1v) is 8.20. The van der Waals surface area contributed by atoms with Gasteiger partial charge in [0.05, 0.1) is 17.8 Å². The van der Waals surface area contributed by atoms with Gasteiger partial charge in [-0.3, -0.25) is 9.48 Å². The van der Waals surface area contributed by atoms with Crippen LogP contribution in [0, 0.1) is 6.92 Å². The molecular formula is C18H14F3N5O. The van der Waals surface area contributed by atoms with Gasteiger partial charge in [0.2, 0.25) is 0 Å². The fourth-order valence-corrected chi connectivity index (χ4v) is 2.93. The Labute approximate surface area is 152 Å². The second-order valence-corrected chi connectivity index (χ2v) is 6.19. The molecule has 2 aromatic heterocycles. The first-order valence-electron chi connectivity index (χ1n) is 8.20. The van der Waals surface area contributed by atoms with Crippen molar-refractivity contribution in [1.29, 1.82) is 0 Å². The lowest BCUT2D eigenvalue weighted by atomic mass is 10.0. The van der Waals surface area contributed by atoms with E-state index < -0.39 is 11.7 Å². The van der Waals surface area contributed by atoms with Gasteiger partial charge in [-0.15, -0.1) is 0 Å². The Balaban J connectivity index is 1.77. The van der Waals surface area contributed by atoms with Gasteiger partial charge in [-0.1, -0.05) is 6.07 Å². The molecule has 1 aromatic carbocycles. The summed E-state index contributed by atoms with van der Waals surface area (Å²) in [6.07, 6.45) is -2.98. The molecule has 9 heteroatoms. The number of amides is 1. The number of aromatic nitrogens is 4. The van der Waals surface area contributed by atoms with Crippen LogP contribution < -0.4 is 5.32 Å². The van der Waals surface area contributed by atoms with Crippen molar-refractivity contribution in [1.82, 2.24) is 25.1 Å². The summed E-state index contributed by atoms with van der Waals surface area (Å²) in [6, 6.07) is 6.69. The number of hydrogen-bond donors (Lipinski definition) is 1. The third kappa shape index (κ3) is 3.16. The molecule has 6 nitrogen and oxygen atoms in total. The molecule has 0 spiro atoms. The van der Waals surface area contributed by atoms with Gasteiger partial charge < -0.3 is 5.32 Å². The number of carbonyl (C=O) groups is 1. The van der Waals surface area contributed by atoms with Crippen molar-refractivity contribution in [2.45, 2.75) is 19.6 Å². The highest BCUT2D eigenvalue weighted by Gasteiger charge is 2.31. The molecule has 0 bridgehead atoms. The number of carbonyl (C=O) groups excluding carboxylic acids is 1. The van der Waals surface area contributed by atoms with Crippen LogP contribution in [0.15, 0.2) is 36.5 Å². The Hall–Kier alpha value is -3.23. The quantitative estimate of drug-likeness (QED) is 0.749. The minimum absolute atomic E-state index is 0.173. The molecular weight excluding hydrogens is 359 g/mol. The Bertz CT molecular complexity index is 1040. The second kappa shape index (κ2) is 6.19. The summed E-state index contributed by atoms with van der Waals surface area (Å²) in [5.41, 5.74) is 1.50. The predicted octanol–water partition coefficient (Wildman–Crippen LogP) is 3.08. The van der Waals surface area contributed by atoms with Crippen molar-refractivity contribution in [3.63, 3.8) is 0 Å². The van der Waals surface area contributed by atoms with E-state index in [1.165, 1.54) is 12.3 Å². The lowest BCUT2D eigenvalue weighted by Gasteiger charge is -2.13. The molecule has 0 atom stereocenters. The van der Waals surface area contributed by atoms with Crippen LogP contribution in [0.25, 0.3) is 22.8 Å². The Kier molecular flexibility index (Phi) is 3.94. The number of aryl methyl sites for hydroxylation is 1. The van der Waals surface area contributed by atoms with Crippen LogP contribution in [-0.2, 0) is 12.7 Å². The molecule has 1 amide bonds. The normalized spacial score (nSPS) is 14.0. The number of nitrogens with one attached hydrogen (secondary N) is 1. The summed E-state index contributed by atoms with van der Waals surface area (Å²) in [6.45, 7) is 2.74. The van der Waals surface area contributed by atoms with Crippen molar-refractivity contribution in [3.05, 3.63) is 53.3 Å². The average Bonchev–Trinajstić information content (AvgIpc) is 3.07. The van der Waals surface area contributed by atoms with Gasteiger partial charge >= 0.3 is 6.18 Å². The molecule has 0 saturated heterocycles. The van der Waals surface area contributed by atoms with E-state index in [9.17, 15) is 18.0 Å². The first kappa shape index (κ1) is 17.2. The number of rotatable bonds is 2. The van der Waals surface area contributed by atoms with Crippen molar-refractivity contribution in [3.8, 4) is 22.8 Å². The zero-order chi connectivity index (χ0) is 19.2. The van der Waals surface area contributed by atoms with Gasteiger partial charge in [0.1, 0.15) is 11.4 Å². The summed E-state index contributed by atoms with van der Waals surface area (Å²) in [4.78, 5) is 20.4. The van der Waals surface area contributed by atoms with Crippen LogP contribution in [0.2, 0.25) is 0 Å². The average molecular weight is 373 g/mol. The van der Waals surface area contributed by atoms with Gasteiger partial charge in [-0.2, -0.15) is 18.3 Å². The number of hydrogen-bond acceptors (Lipinski definition) is 4. The van der Waals surface area contributed by atoms with Crippen molar-refractivity contribution >= 4 is 5.91 Å². The lowest BCUT2D eigenvalue weighted by molar-refractivity contribution is -0.137.